The molecule has 1 aliphatic heterocycles. The predicted octanol–water partition coefficient (Wildman–Crippen LogP) is -0.504. The summed E-state index contributed by atoms with van der Waals surface area (Å²) in [7, 11) is 0. The van der Waals surface area contributed by atoms with E-state index in [1.54, 1.807) is 24.3 Å². The average molecular weight is 277 g/mol. The van der Waals surface area contributed by atoms with E-state index in [2.05, 4.69) is 5.32 Å². The number of nitrogens with zero attached hydrogens (tertiary/aromatic N) is 1. The van der Waals surface area contributed by atoms with Crippen molar-refractivity contribution in [1.82, 2.24) is 10.7 Å². The van der Waals surface area contributed by atoms with Crippen molar-refractivity contribution in [2.75, 3.05) is 18.1 Å². The predicted molar refractivity (Wildman–Crippen MR) is 75.4 cm³/mol. The number of hydrazine groups is 2. The Kier molecular flexibility index (Phi) is 4.67. The smallest absolute Gasteiger partial charge is 0.265 e. The third-order valence-corrected chi connectivity index (χ3v) is 3.46. The molecule has 1 aromatic rings. The highest BCUT2D eigenvalue weighted by molar-refractivity contribution is 5.96. The number of piperidine rings is 1. The standard InChI is InChI=1S/C13H19N5O2/c14-17-12(19)9-1-3-11(4-2-9)18(15)13(20)10-5-7-16-8-6-10/h1-4,10,16H,5-8,14-15H2,(H,17,19). The first-order chi connectivity index (χ1) is 9.63. The van der Waals surface area contributed by atoms with Crippen LogP contribution in [-0.4, -0.2) is 24.9 Å². The normalized spacial score (nSPS) is 15.7. The fourth-order valence-corrected chi connectivity index (χ4v) is 2.25. The monoisotopic (exact) mass is 277 g/mol. The van der Waals surface area contributed by atoms with Gasteiger partial charge in [0.1, 0.15) is 0 Å². The van der Waals surface area contributed by atoms with Crippen LogP contribution in [0.3, 0.4) is 0 Å². The largest absolute Gasteiger partial charge is 0.317 e. The van der Waals surface area contributed by atoms with Crippen molar-refractivity contribution in [3.8, 4) is 0 Å². The van der Waals surface area contributed by atoms with Crippen LogP contribution in [0, 0.1) is 5.92 Å². The molecule has 0 aromatic heterocycles. The number of amides is 2. The molecule has 0 unspecified atom stereocenters. The van der Waals surface area contributed by atoms with Gasteiger partial charge in [-0.25, -0.2) is 16.7 Å². The summed E-state index contributed by atoms with van der Waals surface area (Å²) in [6, 6.07) is 6.41. The van der Waals surface area contributed by atoms with Crippen molar-refractivity contribution in [3.05, 3.63) is 29.8 Å². The molecule has 2 amide bonds. The van der Waals surface area contributed by atoms with Gasteiger partial charge in [-0.15, -0.1) is 0 Å². The number of carbonyl (C=O) groups is 2. The molecular formula is C13H19N5O2. The highest BCUT2D eigenvalue weighted by Crippen LogP contribution is 2.19. The lowest BCUT2D eigenvalue weighted by atomic mass is 9.97. The van der Waals surface area contributed by atoms with Gasteiger partial charge in [0.05, 0.1) is 5.69 Å². The summed E-state index contributed by atoms with van der Waals surface area (Å²) < 4.78 is 0. The molecule has 1 heterocycles. The van der Waals surface area contributed by atoms with Crippen LogP contribution in [0.5, 0.6) is 0 Å². The van der Waals surface area contributed by atoms with E-state index in [0.717, 1.165) is 30.9 Å². The highest BCUT2D eigenvalue weighted by atomic mass is 16.2. The summed E-state index contributed by atoms with van der Waals surface area (Å²) in [5.41, 5.74) is 3.02. The lowest BCUT2D eigenvalue weighted by molar-refractivity contribution is -0.123. The number of nitrogen functional groups attached to an aromatic ring is 1. The van der Waals surface area contributed by atoms with E-state index in [1.807, 2.05) is 5.43 Å². The first-order valence-corrected chi connectivity index (χ1v) is 6.54. The minimum atomic E-state index is -0.384. The van der Waals surface area contributed by atoms with E-state index in [9.17, 15) is 9.59 Å². The molecule has 0 saturated carbocycles. The van der Waals surface area contributed by atoms with Crippen LogP contribution in [0.25, 0.3) is 0 Å². The van der Waals surface area contributed by atoms with Gasteiger partial charge in [-0.1, -0.05) is 0 Å². The molecule has 0 bridgehead atoms. The summed E-state index contributed by atoms with van der Waals surface area (Å²) in [6.07, 6.45) is 1.58. The van der Waals surface area contributed by atoms with E-state index in [4.69, 9.17) is 11.7 Å². The Morgan fingerprint density at radius 3 is 2.35 bits per heavy atom. The third kappa shape index (κ3) is 3.13. The fourth-order valence-electron chi connectivity index (χ4n) is 2.25. The quantitative estimate of drug-likeness (QED) is 0.338. The van der Waals surface area contributed by atoms with Crippen LogP contribution < -0.4 is 27.4 Å². The van der Waals surface area contributed by atoms with E-state index in [0.29, 0.717) is 11.3 Å². The zero-order valence-electron chi connectivity index (χ0n) is 11.1. The lowest BCUT2D eigenvalue weighted by Crippen LogP contribution is -2.45. The molecule has 1 aliphatic rings. The summed E-state index contributed by atoms with van der Waals surface area (Å²) in [4.78, 5) is 23.6. The maximum Gasteiger partial charge on any atom is 0.265 e. The number of nitrogens with two attached hydrogens (primary N) is 2. The van der Waals surface area contributed by atoms with E-state index in [1.165, 1.54) is 0 Å². The number of carbonyl (C=O) groups excluding carboxylic acids is 2. The van der Waals surface area contributed by atoms with Gasteiger partial charge < -0.3 is 5.32 Å². The summed E-state index contributed by atoms with van der Waals surface area (Å²) in [5.74, 6) is 10.4. The van der Waals surface area contributed by atoms with Gasteiger partial charge in [0.2, 0.25) is 5.91 Å². The molecule has 0 atom stereocenters. The molecule has 7 nitrogen and oxygen atoms in total. The Morgan fingerprint density at radius 2 is 1.80 bits per heavy atom. The van der Waals surface area contributed by atoms with Gasteiger partial charge >= 0.3 is 0 Å². The Morgan fingerprint density at radius 1 is 1.20 bits per heavy atom. The third-order valence-electron chi connectivity index (χ3n) is 3.46. The van der Waals surface area contributed by atoms with Crippen LogP contribution in [0.1, 0.15) is 23.2 Å². The molecular weight excluding hydrogens is 258 g/mol. The number of hydrogen-bond donors (Lipinski definition) is 4. The van der Waals surface area contributed by atoms with Crippen LogP contribution in [-0.2, 0) is 4.79 Å². The summed E-state index contributed by atoms with van der Waals surface area (Å²) in [5, 5.41) is 4.36. The van der Waals surface area contributed by atoms with Crippen LogP contribution >= 0.6 is 0 Å². The molecule has 0 aliphatic carbocycles. The molecule has 6 N–H and O–H groups in total. The molecule has 1 saturated heterocycles. The van der Waals surface area contributed by atoms with Gasteiger partial charge in [0.25, 0.3) is 5.91 Å². The van der Waals surface area contributed by atoms with Crippen molar-refractivity contribution in [2.24, 2.45) is 17.6 Å². The van der Waals surface area contributed by atoms with E-state index >= 15 is 0 Å². The molecule has 7 heteroatoms. The summed E-state index contributed by atoms with van der Waals surface area (Å²) in [6.45, 7) is 1.67. The van der Waals surface area contributed by atoms with Gasteiger partial charge in [-0.3, -0.25) is 15.0 Å². The zero-order valence-corrected chi connectivity index (χ0v) is 11.1. The van der Waals surface area contributed by atoms with Crippen molar-refractivity contribution >= 4 is 17.5 Å². The molecule has 0 spiro atoms. The average Bonchev–Trinajstić information content (AvgIpc) is 2.53. The molecule has 1 aromatic carbocycles. The SMILES string of the molecule is NNC(=O)c1ccc(N(N)C(=O)C2CCNCC2)cc1. The number of anilines is 1. The Bertz CT molecular complexity index is 482. The van der Waals surface area contributed by atoms with Crippen molar-refractivity contribution in [1.29, 1.82) is 0 Å². The van der Waals surface area contributed by atoms with Crippen molar-refractivity contribution < 1.29 is 9.59 Å². The fraction of sp³-hybridized carbons (Fsp3) is 0.385. The number of benzene rings is 1. The summed E-state index contributed by atoms with van der Waals surface area (Å²) >= 11 is 0. The van der Waals surface area contributed by atoms with Crippen molar-refractivity contribution in [2.45, 2.75) is 12.8 Å². The second-order valence-corrected chi connectivity index (χ2v) is 4.75. The molecule has 108 valence electrons. The van der Waals surface area contributed by atoms with Crippen molar-refractivity contribution in [3.63, 3.8) is 0 Å². The maximum absolute atomic E-state index is 12.2. The minimum Gasteiger partial charge on any atom is -0.317 e. The Hall–Kier alpha value is -1.96. The van der Waals surface area contributed by atoms with Crippen LogP contribution in [0.2, 0.25) is 0 Å². The zero-order chi connectivity index (χ0) is 14.5. The number of rotatable bonds is 3. The highest BCUT2D eigenvalue weighted by Gasteiger charge is 2.25. The van der Waals surface area contributed by atoms with Gasteiger partial charge in [0, 0.05) is 11.5 Å². The Balaban J connectivity index is 2.06. The molecule has 0 radical (unpaired) electrons. The lowest BCUT2D eigenvalue weighted by Gasteiger charge is -2.26. The van der Waals surface area contributed by atoms with E-state index in [-0.39, 0.29) is 17.7 Å². The van der Waals surface area contributed by atoms with E-state index < -0.39 is 0 Å². The molecule has 1 fully saturated rings. The Labute approximate surface area is 117 Å². The minimum absolute atomic E-state index is 0.0479. The number of nitrogens with one attached hydrogen (secondary N) is 2. The van der Waals surface area contributed by atoms with Crippen LogP contribution in [0.15, 0.2) is 24.3 Å². The topological polar surface area (TPSA) is 113 Å². The maximum atomic E-state index is 12.2. The van der Waals surface area contributed by atoms with Gasteiger partial charge in [0.15, 0.2) is 0 Å². The van der Waals surface area contributed by atoms with Crippen LogP contribution in [0.4, 0.5) is 5.69 Å². The van der Waals surface area contributed by atoms with Gasteiger partial charge in [-0.05, 0) is 50.2 Å². The number of hydrogen-bond acceptors (Lipinski definition) is 5. The molecule has 20 heavy (non-hydrogen) atoms. The van der Waals surface area contributed by atoms with Gasteiger partial charge in [-0.2, -0.15) is 0 Å². The second kappa shape index (κ2) is 6.47. The molecule has 2 rings (SSSR count). The first-order valence-electron chi connectivity index (χ1n) is 6.54. The first kappa shape index (κ1) is 14.4. The second-order valence-electron chi connectivity index (χ2n) is 4.75.